The van der Waals surface area contributed by atoms with Crippen LogP contribution in [0, 0.1) is 0 Å². The molecule has 0 bridgehead atoms. The standard InChI is InChI=1S/C18H28N2O/c1-3-7-17(8-4-1)20-13-11-19(12-14-20)15-16-21-18-9-5-2-6-10-18/h2,5-6,9-10,17H,1,3-4,7-8,11-16H2. The lowest BCUT2D eigenvalue weighted by molar-refractivity contribution is 0.0718. The molecule has 1 aromatic rings. The minimum Gasteiger partial charge on any atom is -0.492 e. The summed E-state index contributed by atoms with van der Waals surface area (Å²) in [5, 5.41) is 0. The fourth-order valence-corrected chi connectivity index (χ4v) is 3.61. The van der Waals surface area contributed by atoms with E-state index in [0.717, 1.165) is 24.9 Å². The zero-order valence-corrected chi connectivity index (χ0v) is 13.0. The Hall–Kier alpha value is -1.06. The van der Waals surface area contributed by atoms with Crippen molar-refractivity contribution < 1.29 is 4.74 Å². The van der Waals surface area contributed by atoms with Crippen molar-refractivity contribution in [2.75, 3.05) is 39.3 Å². The number of hydrogen-bond donors (Lipinski definition) is 0. The third-order valence-electron chi connectivity index (χ3n) is 4.92. The van der Waals surface area contributed by atoms with Gasteiger partial charge in [0.05, 0.1) is 0 Å². The maximum Gasteiger partial charge on any atom is 0.119 e. The molecular formula is C18H28N2O. The first-order chi connectivity index (χ1) is 10.4. The minimum absolute atomic E-state index is 0.799. The van der Waals surface area contributed by atoms with Gasteiger partial charge in [0.25, 0.3) is 0 Å². The summed E-state index contributed by atoms with van der Waals surface area (Å²) in [5.74, 6) is 0.985. The summed E-state index contributed by atoms with van der Waals surface area (Å²) in [4.78, 5) is 5.27. The van der Waals surface area contributed by atoms with Gasteiger partial charge in [-0.15, -0.1) is 0 Å². The van der Waals surface area contributed by atoms with E-state index in [1.807, 2.05) is 30.3 Å². The Morgan fingerprint density at radius 1 is 0.905 bits per heavy atom. The van der Waals surface area contributed by atoms with E-state index in [9.17, 15) is 0 Å². The van der Waals surface area contributed by atoms with E-state index in [1.54, 1.807) is 0 Å². The van der Waals surface area contributed by atoms with Crippen molar-refractivity contribution in [2.24, 2.45) is 0 Å². The lowest BCUT2D eigenvalue weighted by Crippen LogP contribution is -2.51. The van der Waals surface area contributed by atoms with Gasteiger partial charge in [0.1, 0.15) is 12.4 Å². The molecule has 3 heteroatoms. The summed E-state index contributed by atoms with van der Waals surface area (Å²) in [5.41, 5.74) is 0. The molecule has 1 saturated carbocycles. The summed E-state index contributed by atoms with van der Waals surface area (Å²) in [6.45, 7) is 6.75. The molecule has 116 valence electrons. The first kappa shape index (κ1) is 14.9. The third-order valence-corrected chi connectivity index (χ3v) is 4.92. The first-order valence-corrected chi connectivity index (χ1v) is 8.56. The summed E-state index contributed by atoms with van der Waals surface area (Å²) in [6, 6.07) is 11.0. The third kappa shape index (κ3) is 4.45. The maximum absolute atomic E-state index is 5.80. The molecule has 3 nitrogen and oxygen atoms in total. The number of ether oxygens (including phenoxy) is 1. The van der Waals surface area contributed by atoms with Crippen LogP contribution in [0.15, 0.2) is 30.3 Å². The van der Waals surface area contributed by atoms with Crippen molar-refractivity contribution in [1.82, 2.24) is 9.80 Å². The summed E-state index contributed by atoms with van der Waals surface area (Å²) >= 11 is 0. The van der Waals surface area contributed by atoms with Gasteiger partial charge in [-0.25, -0.2) is 0 Å². The number of para-hydroxylation sites is 1. The molecule has 1 aromatic carbocycles. The van der Waals surface area contributed by atoms with Gasteiger partial charge in [0.2, 0.25) is 0 Å². The summed E-state index contributed by atoms with van der Waals surface area (Å²) < 4.78 is 5.80. The van der Waals surface area contributed by atoms with Crippen molar-refractivity contribution >= 4 is 0 Å². The Bertz CT molecular complexity index is 395. The summed E-state index contributed by atoms with van der Waals surface area (Å²) in [6.07, 6.45) is 7.19. The molecule has 0 atom stereocenters. The highest BCUT2D eigenvalue weighted by molar-refractivity contribution is 5.20. The summed E-state index contributed by atoms with van der Waals surface area (Å²) in [7, 11) is 0. The van der Waals surface area contributed by atoms with E-state index in [-0.39, 0.29) is 0 Å². The van der Waals surface area contributed by atoms with Crippen LogP contribution in [0.2, 0.25) is 0 Å². The molecule has 3 rings (SSSR count). The molecule has 0 N–H and O–H groups in total. The number of nitrogens with zero attached hydrogens (tertiary/aromatic N) is 2. The van der Waals surface area contributed by atoms with Gasteiger partial charge in [-0.05, 0) is 25.0 Å². The van der Waals surface area contributed by atoms with Gasteiger partial charge in [-0.1, -0.05) is 37.5 Å². The van der Waals surface area contributed by atoms with E-state index in [4.69, 9.17) is 4.74 Å². The first-order valence-electron chi connectivity index (χ1n) is 8.56. The molecule has 2 fully saturated rings. The van der Waals surface area contributed by atoms with E-state index in [0.29, 0.717) is 0 Å². The molecule has 21 heavy (non-hydrogen) atoms. The predicted molar refractivity (Wildman–Crippen MR) is 86.8 cm³/mol. The second kappa shape index (κ2) is 7.81. The number of rotatable bonds is 5. The van der Waals surface area contributed by atoms with Crippen molar-refractivity contribution in [3.05, 3.63) is 30.3 Å². The molecule has 0 spiro atoms. The Morgan fingerprint density at radius 2 is 1.62 bits per heavy atom. The molecule has 2 aliphatic rings. The van der Waals surface area contributed by atoms with E-state index >= 15 is 0 Å². The topological polar surface area (TPSA) is 15.7 Å². The Morgan fingerprint density at radius 3 is 2.33 bits per heavy atom. The number of piperazine rings is 1. The van der Waals surface area contributed by atoms with Gasteiger partial charge in [0, 0.05) is 38.8 Å². The van der Waals surface area contributed by atoms with Crippen LogP contribution in [0.5, 0.6) is 5.75 Å². The zero-order chi connectivity index (χ0) is 14.3. The van der Waals surface area contributed by atoms with E-state index < -0.39 is 0 Å². The van der Waals surface area contributed by atoms with Crippen molar-refractivity contribution in [3.8, 4) is 5.75 Å². The van der Waals surface area contributed by atoms with E-state index in [1.165, 1.54) is 58.3 Å². The van der Waals surface area contributed by atoms with Gasteiger partial charge in [0.15, 0.2) is 0 Å². The Balaban J connectivity index is 1.34. The molecule has 0 unspecified atom stereocenters. The second-order valence-corrected chi connectivity index (χ2v) is 6.33. The maximum atomic E-state index is 5.80. The molecule has 0 radical (unpaired) electrons. The van der Waals surface area contributed by atoms with Gasteiger partial charge in [-0.2, -0.15) is 0 Å². The highest BCUT2D eigenvalue weighted by Crippen LogP contribution is 2.23. The fourth-order valence-electron chi connectivity index (χ4n) is 3.61. The van der Waals surface area contributed by atoms with Gasteiger partial charge < -0.3 is 4.74 Å². The highest BCUT2D eigenvalue weighted by atomic mass is 16.5. The number of benzene rings is 1. The largest absolute Gasteiger partial charge is 0.492 e. The minimum atomic E-state index is 0.799. The van der Waals surface area contributed by atoms with Crippen LogP contribution < -0.4 is 4.74 Å². The van der Waals surface area contributed by atoms with E-state index in [2.05, 4.69) is 9.80 Å². The molecule has 1 heterocycles. The average Bonchev–Trinajstić information content (AvgIpc) is 2.57. The monoisotopic (exact) mass is 288 g/mol. The van der Waals surface area contributed by atoms with Crippen molar-refractivity contribution in [3.63, 3.8) is 0 Å². The quantitative estimate of drug-likeness (QED) is 0.828. The van der Waals surface area contributed by atoms with Crippen LogP contribution in [0.25, 0.3) is 0 Å². The van der Waals surface area contributed by atoms with Crippen molar-refractivity contribution in [2.45, 2.75) is 38.1 Å². The van der Waals surface area contributed by atoms with Crippen LogP contribution in [0.4, 0.5) is 0 Å². The fraction of sp³-hybridized carbons (Fsp3) is 0.667. The van der Waals surface area contributed by atoms with Crippen LogP contribution in [0.1, 0.15) is 32.1 Å². The van der Waals surface area contributed by atoms with Crippen LogP contribution in [-0.4, -0.2) is 55.2 Å². The van der Waals surface area contributed by atoms with Crippen LogP contribution >= 0.6 is 0 Å². The molecule has 0 aromatic heterocycles. The average molecular weight is 288 g/mol. The normalized spacial score (nSPS) is 22.3. The highest BCUT2D eigenvalue weighted by Gasteiger charge is 2.24. The molecule has 1 aliphatic carbocycles. The van der Waals surface area contributed by atoms with Gasteiger partial charge >= 0.3 is 0 Å². The smallest absolute Gasteiger partial charge is 0.119 e. The molecule has 1 aliphatic heterocycles. The Kier molecular flexibility index (Phi) is 5.53. The van der Waals surface area contributed by atoms with Crippen LogP contribution in [0.3, 0.4) is 0 Å². The number of hydrogen-bond acceptors (Lipinski definition) is 3. The lowest BCUT2D eigenvalue weighted by Gasteiger charge is -2.40. The van der Waals surface area contributed by atoms with Gasteiger partial charge in [-0.3, -0.25) is 9.80 Å². The SMILES string of the molecule is c1ccc(OCCN2CCN(C3CCCCC3)CC2)cc1. The molecule has 0 amide bonds. The second-order valence-electron chi connectivity index (χ2n) is 6.33. The molecule has 1 saturated heterocycles. The Labute approximate surface area is 128 Å². The predicted octanol–water partition coefficient (Wildman–Crippen LogP) is 3.02. The molecular weight excluding hydrogens is 260 g/mol. The zero-order valence-electron chi connectivity index (χ0n) is 13.0. The van der Waals surface area contributed by atoms with Crippen LogP contribution in [-0.2, 0) is 0 Å². The lowest BCUT2D eigenvalue weighted by atomic mass is 9.94. The van der Waals surface area contributed by atoms with Crippen molar-refractivity contribution in [1.29, 1.82) is 0 Å².